The zero-order valence-electron chi connectivity index (χ0n) is 11.0. The highest BCUT2D eigenvalue weighted by Gasteiger charge is 2.17. The molecule has 0 saturated carbocycles. The number of nitrogens with zero attached hydrogens (tertiary/aromatic N) is 3. The van der Waals surface area contributed by atoms with Crippen molar-refractivity contribution in [3.05, 3.63) is 47.5 Å². The average molecular weight is 274 g/mol. The largest absolute Gasteiger partial charge is 0.371 e. The van der Waals surface area contributed by atoms with Crippen molar-refractivity contribution < 1.29 is 8.78 Å². The molecule has 1 aromatic carbocycles. The van der Waals surface area contributed by atoms with E-state index in [9.17, 15) is 8.78 Å². The van der Waals surface area contributed by atoms with E-state index in [0.717, 1.165) is 6.07 Å². The van der Waals surface area contributed by atoms with Crippen LogP contribution in [0, 0.1) is 23.0 Å². The number of benzene rings is 1. The number of nitrogens with one attached hydrogen (secondary N) is 1. The summed E-state index contributed by atoms with van der Waals surface area (Å²) in [4.78, 5) is 5.31. The molecule has 6 heteroatoms. The Balaban J connectivity index is 2.54. The van der Waals surface area contributed by atoms with Crippen molar-refractivity contribution in [3.63, 3.8) is 0 Å². The van der Waals surface area contributed by atoms with Gasteiger partial charge in [-0.25, -0.2) is 13.8 Å². The van der Waals surface area contributed by atoms with Gasteiger partial charge in [-0.2, -0.15) is 5.26 Å². The standard InChI is InChI=1S/C14H12F2N4/c1-18-13-10(15)7-11(16)14(19-13)20(2)12-6-4-3-5-9(12)8-17/h3-7H,1-2H3,(H,18,19). The summed E-state index contributed by atoms with van der Waals surface area (Å²) in [6, 6.07) is 9.51. The van der Waals surface area contributed by atoms with Crippen LogP contribution in [-0.2, 0) is 0 Å². The molecule has 0 aliphatic carbocycles. The van der Waals surface area contributed by atoms with Crippen LogP contribution in [0.25, 0.3) is 0 Å². The van der Waals surface area contributed by atoms with E-state index in [0.29, 0.717) is 11.3 Å². The Morgan fingerprint density at radius 1 is 1.25 bits per heavy atom. The molecule has 1 N–H and O–H groups in total. The molecule has 1 heterocycles. The maximum atomic E-state index is 13.9. The van der Waals surface area contributed by atoms with Crippen LogP contribution in [-0.4, -0.2) is 19.1 Å². The van der Waals surface area contributed by atoms with Crippen LogP contribution in [0.3, 0.4) is 0 Å². The maximum absolute atomic E-state index is 13.9. The Bertz CT molecular complexity index is 679. The lowest BCUT2D eigenvalue weighted by atomic mass is 10.2. The molecule has 0 radical (unpaired) electrons. The molecule has 2 rings (SSSR count). The maximum Gasteiger partial charge on any atom is 0.171 e. The number of pyridine rings is 1. The number of rotatable bonds is 3. The van der Waals surface area contributed by atoms with Gasteiger partial charge in [0.1, 0.15) is 6.07 Å². The molecule has 102 valence electrons. The van der Waals surface area contributed by atoms with Crippen molar-refractivity contribution in [1.29, 1.82) is 5.26 Å². The van der Waals surface area contributed by atoms with Crippen molar-refractivity contribution in [3.8, 4) is 6.07 Å². The highest BCUT2D eigenvalue weighted by atomic mass is 19.1. The lowest BCUT2D eigenvalue weighted by molar-refractivity contribution is 0.576. The smallest absolute Gasteiger partial charge is 0.171 e. The summed E-state index contributed by atoms with van der Waals surface area (Å²) in [5.41, 5.74) is 0.876. The molecular weight excluding hydrogens is 262 g/mol. The number of hydrogen-bond acceptors (Lipinski definition) is 4. The first-order chi connectivity index (χ1) is 9.58. The lowest BCUT2D eigenvalue weighted by Crippen LogP contribution is -2.15. The van der Waals surface area contributed by atoms with Gasteiger partial charge in [0.25, 0.3) is 0 Å². The monoisotopic (exact) mass is 274 g/mol. The SMILES string of the molecule is CNc1nc(N(C)c2ccccc2C#N)c(F)cc1F. The van der Waals surface area contributed by atoms with Crippen molar-refractivity contribution in [2.45, 2.75) is 0 Å². The summed E-state index contributed by atoms with van der Waals surface area (Å²) >= 11 is 0. The summed E-state index contributed by atoms with van der Waals surface area (Å²) in [5, 5.41) is 11.6. The number of hydrogen-bond donors (Lipinski definition) is 1. The predicted molar refractivity (Wildman–Crippen MR) is 72.9 cm³/mol. The van der Waals surface area contributed by atoms with Crippen molar-refractivity contribution in [1.82, 2.24) is 4.98 Å². The Kier molecular flexibility index (Phi) is 3.80. The minimum atomic E-state index is -0.795. The fraction of sp³-hybridized carbons (Fsp3) is 0.143. The van der Waals surface area contributed by atoms with E-state index in [1.54, 1.807) is 31.3 Å². The van der Waals surface area contributed by atoms with Crippen LogP contribution in [0.2, 0.25) is 0 Å². The third-order valence-electron chi connectivity index (χ3n) is 2.85. The van der Waals surface area contributed by atoms with Gasteiger partial charge in [0.05, 0.1) is 11.3 Å². The van der Waals surface area contributed by atoms with Crippen LogP contribution in [0.5, 0.6) is 0 Å². The molecule has 0 unspecified atom stereocenters. The summed E-state index contributed by atoms with van der Waals surface area (Å²) in [5.74, 6) is -1.67. The first-order valence-corrected chi connectivity index (χ1v) is 5.85. The van der Waals surface area contributed by atoms with E-state index in [2.05, 4.69) is 10.3 Å². The Hall–Kier alpha value is -2.68. The zero-order valence-corrected chi connectivity index (χ0v) is 11.0. The minimum Gasteiger partial charge on any atom is -0.371 e. The van der Waals surface area contributed by atoms with E-state index in [-0.39, 0.29) is 11.6 Å². The number of aromatic nitrogens is 1. The van der Waals surface area contributed by atoms with Gasteiger partial charge in [-0.15, -0.1) is 0 Å². The van der Waals surface area contributed by atoms with Crippen LogP contribution in [0.4, 0.5) is 26.1 Å². The summed E-state index contributed by atoms with van der Waals surface area (Å²) in [6.45, 7) is 0. The topological polar surface area (TPSA) is 52.0 Å². The van der Waals surface area contributed by atoms with Crippen LogP contribution in [0.1, 0.15) is 5.56 Å². The molecule has 2 aromatic rings. The molecule has 0 saturated heterocycles. The van der Waals surface area contributed by atoms with Gasteiger partial charge in [0, 0.05) is 20.2 Å². The summed E-state index contributed by atoms with van der Waals surface area (Å²) in [6.07, 6.45) is 0. The third kappa shape index (κ3) is 2.38. The first kappa shape index (κ1) is 13.7. The van der Waals surface area contributed by atoms with Crippen LogP contribution < -0.4 is 10.2 Å². The second-order valence-electron chi connectivity index (χ2n) is 4.06. The fourth-order valence-corrected chi connectivity index (χ4v) is 1.84. The van der Waals surface area contributed by atoms with E-state index >= 15 is 0 Å². The number of anilines is 3. The Labute approximate surface area is 115 Å². The summed E-state index contributed by atoms with van der Waals surface area (Å²) < 4.78 is 27.3. The van der Waals surface area contributed by atoms with Crippen LogP contribution >= 0.6 is 0 Å². The minimum absolute atomic E-state index is 0.0531. The van der Waals surface area contributed by atoms with E-state index < -0.39 is 11.6 Å². The van der Waals surface area contributed by atoms with Crippen molar-refractivity contribution in [2.24, 2.45) is 0 Å². The van der Waals surface area contributed by atoms with Gasteiger partial charge in [-0.3, -0.25) is 0 Å². The molecule has 0 aliphatic heterocycles. The second-order valence-corrected chi connectivity index (χ2v) is 4.06. The molecule has 1 aromatic heterocycles. The second kappa shape index (κ2) is 5.53. The van der Waals surface area contributed by atoms with Crippen molar-refractivity contribution >= 4 is 17.3 Å². The molecule has 20 heavy (non-hydrogen) atoms. The quantitative estimate of drug-likeness (QED) is 0.934. The van der Waals surface area contributed by atoms with Gasteiger partial charge in [0.2, 0.25) is 0 Å². The molecular formula is C14H12F2N4. The number of para-hydroxylation sites is 1. The molecule has 0 spiro atoms. The van der Waals surface area contributed by atoms with Gasteiger partial charge in [0.15, 0.2) is 23.3 Å². The van der Waals surface area contributed by atoms with Gasteiger partial charge in [-0.1, -0.05) is 12.1 Å². The number of halogens is 2. The number of nitriles is 1. The molecule has 0 fully saturated rings. The molecule has 0 amide bonds. The highest BCUT2D eigenvalue weighted by molar-refractivity contribution is 5.67. The van der Waals surface area contributed by atoms with E-state index in [1.807, 2.05) is 6.07 Å². The zero-order chi connectivity index (χ0) is 14.7. The van der Waals surface area contributed by atoms with Crippen LogP contribution in [0.15, 0.2) is 30.3 Å². The van der Waals surface area contributed by atoms with Gasteiger partial charge >= 0.3 is 0 Å². The first-order valence-electron chi connectivity index (χ1n) is 5.85. The molecule has 0 atom stereocenters. The highest BCUT2D eigenvalue weighted by Crippen LogP contribution is 2.29. The normalized spacial score (nSPS) is 9.95. The van der Waals surface area contributed by atoms with E-state index in [1.165, 1.54) is 11.9 Å². The Morgan fingerprint density at radius 2 is 1.95 bits per heavy atom. The summed E-state index contributed by atoms with van der Waals surface area (Å²) in [7, 11) is 3.06. The predicted octanol–water partition coefficient (Wildman–Crippen LogP) is 3.04. The van der Waals surface area contributed by atoms with Gasteiger partial charge < -0.3 is 10.2 Å². The average Bonchev–Trinajstić information content (AvgIpc) is 2.46. The molecule has 0 aliphatic rings. The Morgan fingerprint density at radius 3 is 2.60 bits per heavy atom. The molecule has 0 bridgehead atoms. The lowest BCUT2D eigenvalue weighted by Gasteiger charge is -2.20. The third-order valence-corrected chi connectivity index (χ3v) is 2.85. The van der Waals surface area contributed by atoms with Gasteiger partial charge in [-0.05, 0) is 12.1 Å². The molecule has 4 nitrogen and oxygen atoms in total. The van der Waals surface area contributed by atoms with E-state index in [4.69, 9.17) is 5.26 Å². The fourth-order valence-electron chi connectivity index (χ4n) is 1.84. The van der Waals surface area contributed by atoms with Crippen molar-refractivity contribution in [2.75, 3.05) is 24.3 Å².